The molecule has 0 spiro atoms. The van der Waals surface area contributed by atoms with Crippen LogP contribution in [0.1, 0.15) is 18.1 Å². The van der Waals surface area contributed by atoms with Crippen LogP contribution in [0, 0.1) is 0 Å². The molecule has 0 bridgehead atoms. The van der Waals surface area contributed by atoms with Crippen LogP contribution in [0.25, 0.3) is 0 Å². The molecule has 30 heavy (non-hydrogen) atoms. The summed E-state index contributed by atoms with van der Waals surface area (Å²) in [5.74, 6) is 0.152. The molecule has 0 saturated carbocycles. The van der Waals surface area contributed by atoms with Crippen LogP contribution in [-0.4, -0.2) is 47.0 Å². The number of esters is 1. The molecule has 1 saturated heterocycles. The standard InChI is InChI=1S/C24H28O5S/c1-2-27-22(26)14-13-21(28-15-18-9-5-3-6-10-18)24-23(20(25)17-30-24)29-16-19-11-7-4-8-12-19/h3-14,20-21,23-25H,2,15-17H2,1H3/b14-13-/t20-,21-,23-,24-/m1/s1. The molecule has 0 unspecified atom stereocenters. The van der Waals surface area contributed by atoms with Gasteiger partial charge in [-0.25, -0.2) is 4.79 Å². The SMILES string of the molecule is CCOC(=O)/C=C\[C@@H](OCc1ccccc1)[C@H]1SC[C@@H](O)[C@H]1OCc1ccccc1. The second kappa shape index (κ2) is 11.9. The van der Waals surface area contributed by atoms with Crippen LogP contribution >= 0.6 is 11.8 Å². The molecule has 0 amide bonds. The lowest BCUT2D eigenvalue weighted by Gasteiger charge is -2.27. The molecule has 0 aromatic heterocycles. The van der Waals surface area contributed by atoms with E-state index < -0.39 is 24.3 Å². The fraction of sp³-hybridized carbons (Fsp3) is 0.375. The molecule has 2 aromatic carbocycles. The van der Waals surface area contributed by atoms with Crippen molar-refractivity contribution >= 4 is 17.7 Å². The molecule has 1 N–H and O–H groups in total. The largest absolute Gasteiger partial charge is 0.463 e. The van der Waals surface area contributed by atoms with Crippen molar-refractivity contribution in [2.45, 2.75) is 43.7 Å². The van der Waals surface area contributed by atoms with Gasteiger partial charge < -0.3 is 19.3 Å². The Balaban J connectivity index is 1.70. The third kappa shape index (κ3) is 6.71. The Bertz CT molecular complexity index is 796. The first kappa shape index (κ1) is 22.6. The Morgan fingerprint density at radius 1 is 1.10 bits per heavy atom. The van der Waals surface area contributed by atoms with E-state index in [2.05, 4.69) is 0 Å². The highest BCUT2D eigenvalue weighted by Gasteiger charge is 2.41. The van der Waals surface area contributed by atoms with E-state index in [0.29, 0.717) is 25.6 Å². The number of rotatable bonds is 10. The van der Waals surface area contributed by atoms with Gasteiger partial charge in [0.15, 0.2) is 0 Å². The van der Waals surface area contributed by atoms with Crippen LogP contribution in [0.3, 0.4) is 0 Å². The highest BCUT2D eigenvalue weighted by atomic mass is 32.2. The summed E-state index contributed by atoms with van der Waals surface area (Å²) in [6.07, 6.45) is 1.72. The van der Waals surface area contributed by atoms with Crippen LogP contribution in [-0.2, 0) is 32.2 Å². The number of benzene rings is 2. The molecule has 1 fully saturated rings. The van der Waals surface area contributed by atoms with Crippen molar-refractivity contribution in [2.75, 3.05) is 12.4 Å². The van der Waals surface area contributed by atoms with Gasteiger partial charge in [0, 0.05) is 11.8 Å². The number of carbonyl (C=O) groups excluding carboxylic acids is 1. The van der Waals surface area contributed by atoms with Crippen LogP contribution in [0.2, 0.25) is 0 Å². The van der Waals surface area contributed by atoms with Gasteiger partial charge in [0.1, 0.15) is 0 Å². The minimum Gasteiger partial charge on any atom is -0.463 e. The highest BCUT2D eigenvalue weighted by molar-refractivity contribution is 8.00. The Hall–Kier alpha value is -2.12. The molecular weight excluding hydrogens is 400 g/mol. The first-order chi connectivity index (χ1) is 14.7. The molecular formula is C24H28O5S. The number of thioether (sulfide) groups is 1. The van der Waals surface area contributed by atoms with Crippen LogP contribution in [0.4, 0.5) is 0 Å². The van der Waals surface area contributed by atoms with Crippen molar-refractivity contribution in [3.8, 4) is 0 Å². The van der Waals surface area contributed by atoms with Gasteiger partial charge >= 0.3 is 5.97 Å². The van der Waals surface area contributed by atoms with Crippen molar-refractivity contribution in [3.63, 3.8) is 0 Å². The van der Waals surface area contributed by atoms with E-state index in [-0.39, 0.29) is 5.25 Å². The predicted octanol–water partition coefficient (Wildman–Crippen LogP) is 3.75. The predicted molar refractivity (Wildman–Crippen MR) is 118 cm³/mol. The zero-order chi connectivity index (χ0) is 21.2. The summed E-state index contributed by atoms with van der Waals surface area (Å²) in [6, 6.07) is 19.7. The second-order valence-corrected chi connectivity index (χ2v) is 8.21. The first-order valence-corrected chi connectivity index (χ1v) is 11.2. The molecule has 1 aliphatic rings. The fourth-order valence-corrected chi connectivity index (χ4v) is 4.68. The summed E-state index contributed by atoms with van der Waals surface area (Å²) < 4.78 is 17.3. The van der Waals surface area contributed by atoms with Crippen molar-refractivity contribution in [1.29, 1.82) is 0 Å². The second-order valence-electron chi connectivity index (χ2n) is 7.00. The maximum atomic E-state index is 11.8. The number of hydrogen-bond donors (Lipinski definition) is 1. The third-order valence-electron chi connectivity index (χ3n) is 4.77. The maximum absolute atomic E-state index is 11.8. The smallest absolute Gasteiger partial charge is 0.330 e. The van der Waals surface area contributed by atoms with E-state index in [4.69, 9.17) is 14.2 Å². The van der Waals surface area contributed by atoms with E-state index >= 15 is 0 Å². The van der Waals surface area contributed by atoms with Gasteiger partial charge in [-0.15, -0.1) is 11.8 Å². The summed E-state index contributed by atoms with van der Waals surface area (Å²) in [7, 11) is 0. The van der Waals surface area contributed by atoms with Crippen LogP contribution < -0.4 is 0 Å². The van der Waals surface area contributed by atoms with Gasteiger partial charge in [-0.1, -0.05) is 60.7 Å². The first-order valence-electron chi connectivity index (χ1n) is 10.1. The van der Waals surface area contributed by atoms with Gasteiger partial charge in [-0.3, -0.25) is 0 Å². The molecule has 0 radical (unpaired) electrons. The molecule has 2 aromatic rings. The van der Waals surface area contributed by atoms with Crippen molar-refractivity contribution in [1.82, 2.24) is 0 Å². The number of aliphatic hydroxyl groups is 1. The average molecular weight is 429 g/mol. The Morgan fingerprint density at radius 2 is 1.73 bits per heavy atom. The summed E-state index contributed by atoms with van der Waals surface area (Å²) in [6.45, 7) is 2.90. The topological polar surface area (TPSA) is 65.0 Å². The maximum Gasteiger partial charge on any atom is 0.330 e. The molecule has 4 atom stereocenters. The monoisotopic (exact) mass is 428 g/mol. The van der Waals surface area contributed by atoms with Crippen LogP contribution in [0.5, 0.6) is 0 Å². The van der Waals surface area contributed by atoms with E-state index in [1.165, 1.54) is 6.08 Å². The van der Waals surface area contributed by atoms with Gasteiger partial charge in [-0.2, -0.15) is 0 Å². The molecule has 1 aliphatic heterocycles. The minimum atomic E-state index is -0.595. The Kier molecular flexibility index (Phi) is 8.96. The van der Waals surface area contributed by atoms with Gasteiger partial charge in [0.25, 0.3) is 0 Å². The molecule has 3 rings (SSSR count). The molecule has 0 aliphatic carbocycles. The van der Waals surface area contributed by atoms with E-state index in [9.17, 15) is 9.90 Å². The summed E-state index contributed by atoms with van der Waals surface area (Å²) in [5, 5.41) is 10.4. The summed E-state index contributed by atoms with van der Waals surface area (Å²) >= 11 is 1.60. The third-order valence-corrected chi connectivity index (χ3v) is 6.22. The molecule has 6 heteroatoms. The zero-order valence-electron chi connectivity index (χ0n) is 17.1. The Morgan fingerprint density at radius 3 is 2.37 bits per heavy atom. The lowest BCUT2D eigenvalue weighted by molar-refractivity contribution is -0.137. The molecule has 5 nitrogen and oxygen atoms in total. The fourth-order valence-electron chi connectivity index (χ4n) is 3.26. The van der Waals surface area contributed by atoms with E-state index in [0.717, 1.165) is 11.1 Å². The molecule has 160 valence electrons. The number of hydrogen-bond acceptors (Lipinski definition) is 6. The average Bonchev–Trinajstić information content (AvgIpc) is 3.14. The molecule has 1 heterocycles. The normalized spacial score (nSPS) is 22.3. The van der Waals surface area contributed by atoms with Gasteiger partial charge in [0.05, 0.1) is 43.4 Å². The zero-order valence-corrected chi connectivity index (χ0v) is 17.9. The van der Waals surface area contributed by atoms with Gasteiger partial charge in [0.2, 0.25) is 0 Å². The van der Waals surface area contributed by atoms with Crippen molar-refractivity contribution in [2.24, 2.45) is 0 Å². The summed E-state index contributed by atoms with van der Waals surface area (Å²) in [4.78, 5) is 11.8. The summed E-state index contributed by atoms with van der Waals surface area (Å²) in [5.41, 5.74) is 2.08. The van der Waals surface area contributed by atoms with E-state index in [1.807, 2.05) is 60.7 Å². The highest BCUT2D eigenvalue weighted by Crippen LogP contribution is 2.34. The number of ether oxygens (including phenoxy) is 3. The minimum absolute atomic E-state index is 0.141. The quantitative estimate of drug-likeness (QED) is 0.459. The van der Waals surface area contributed by atoms with E-state index in [1.54, 1.807) is 24.8 Å². The lowest BCUT2D eigenvalue weighted by atomic mass is 10.1. The van der Waals surface area contributed by atoms with Crippen molar-refractivity contribution in [3.05, 3.63) is 83.9 Å². The van der Waals surface area contributed by atoms with Crippen molar-refractivity contribution < 1.29 is 24.1 Å². The number of aliphatic hydroxyl groups excluding tert-OH is 1. The lowest BCUT2D eigenvalue weighted by Crippen LogP contribution is -2.39. The van der Waals surface area contributed by atoms with Crippen LogP contribution in [0.15, 0.2) is 72.8 Å². The Labute approximate surface area is 182 Å². The van der Waals surface area contributed by atoms with Gasteiger partial charge in [-0.05, 0) is 24.1 Å². The number of carbonyl (C=O) groups is 1.